The SMILES string of the molecule is O=CCC1=C[C@H](O)CC1=O. The van der Waals surface area contributed by atoms with Crippen LogP contribution >= 0.6 is 0 Å². The minimum absolute atomic E-state index is 0.111. The average molecular weight is 140 g/mol. The Morgan fingerprint density at radius 2 is 2.50 bits per heavy atom. The number of aliphatic hydroxyl groups is 1. The minimum atomic E-state index is -0.664. The van der Waals surface area contributed by atoms with Gasteiger partial charge >= 0.3 is 0 Å². The first-order valence-corrected chi connectivity index (χ1v) is 3.09. The van der Waals surface area contributed by atoms with Crippen LogP contribution in [0.15, 0.2) is 11.6 Å². The minimum Gasteiger partial charge on any atom is -0.389 e. The van der Waals surface area contributed by atoms with Crippen molar-refractivity contribution in [2.24, 2.45) is 0 Å². The molecular formula is C7H8O3. The summed E-state index contributed by atoms with van der Waals surface area (Å²) in [7, 11) is 0. The van der Waals surface area contributed by atoms with Gasteiger partial charge in [-0.3, -0.25) is 4.79 Å². The van der Waals surface area contributed by atoms with E-state index in [2.05, 4.69) is 0 Å². The number of allylic oxidation sites excluding steroid dienone is 1. The molecule has 1 aliphatic carbocycles. The number of hydrogen-bond donors (Lipinski definition) is 1. The second-order valence-corrected chi connectivity index (χ2v) is 2.26. The largest absolute Gasteiger partial charge is 0.389 e. The van der Waals surface area contributed by atoms with Gasteiger partial charge in [-0.2, -0.15) is 0 Å². The Morgan fingerprint density at radius 1 is 1.80 bits per heavy atom. The van der Waals surface area contributed by atoms with Crippen molar-refractivity contribution in [2.75, 3.05) is 0 Å². The van der Waals surface area contributed by atoms with Crippen LogP contribution in [0, 0.1) is 0 Å². The third-order valence-corrected chi connectivity index (χ3v) is 1.45. The van der Waals surface area contributed by atoms with Crippen molar-refractivity contribution in [2.45, 2.75) is 18.9 Å². The first-order chi connectivity index (χ1) is 4.74. The van der Waals surface area contributed by atoms with E-state index in [0.717, 1.165) is 0 Å². The van der Waals surface area contributed by atoms with E-state index in [4.69, 9.17) is 5.11 Å². The van der Waals surface area contributed by atoms with Gasteiger partial charge in [0.25, 0.3) is 0 Å². The molecule has 0 heterocycles. The molecule has 0 aromatic heterocycles. The summed E-state index contributed by atoms with van der Waals surface area (Å²) in [6, 6.07) is 0. The molecule has 1 rings (SSSR count). The number of ketones is 1. The molecule has 0 fully saturated rings. The molecule has 0 bridgehead atoms. The number of Topliss-reactive ketones (excluding diaryl/α,β-unsaturated/α-hetero) is 1. The lowest BCUT2D eigenvalue weighted by atomic mass is 10.2. The van der Waals surface area contributed by atoms with Crippen molar-refractivity contribution in [3.05, 3.63) is 11.6 Å². The first kappa shape index (κ1) is 7.15. The van der Waals surface area contributed by atoms with E-state index in [1.165, 1.54) is 6.08 Å². The van der Waals surface area contributed by atoms with E-state index in [-0.39, 0.29) is 18.6 Å². The molecule has 0 saturated carbocycles. The van der Waals surface area contributed by atoms with Crippen LogP contribution in [0.25, 0.3) is 0 Å². The van der Waals surface area contributed by atoms with Gasteiger partial charge in [-0.1, -0.05) is 0 Å². The Balaban J connectivity index is 2.65. The number of aldehydes is 1. The van der Waals surface area contributed by atoms with Gasteiger partial charge in [0.2, 0.25) is 0 Å². The monoisotopic (exact) mass is 140 g/mol. The average Bonchev–Trinajstić information content (AvgIpc) is 2.13. The highest BCUT2D eigenvalue weighted by atomic mass is 16.3. The van der Waals surface area contributed by atoms with Gasteiger partial charge in [0, 0.05) is 18.4 Å². The predicted molar refractivity (Wildman–Crippen MR) is 34.4 cm³/mol. The molecular weight excluding hydrogens is 132 g/mol. The van der Waals surface area contributed by atoms with Gasteiger partial charge < -0.3 is 9.90 Å². The second kappa shape index (κ2) is 2.75. The summed E-state index contributed by atoms with van der Waals surface area (Å²) in [6.45, 7) is 0. The zero-order valence-electron chi connectivity index (χ0n) is 5.41. The van der Waals surface area contributed by atoms with Crippen LogP contribution < -0.4 is 0 Å². The van der Waals surface area contributed by atoms with Gasteiger partial charge in [0.1, 0.15) is 6.29 Å². The molecule has 1 atom stereocenters. The van der Waals surface area contributed by atoms with Crippen LogP contribution in [-0.2, 0) is 9.59 Å². The highest BCUT2D eigenvalue weighted by molar-refractivity contribution is 6.00. The zero-order chi connectivity index (χ0) is 7.56. The molecule has 3 nitrogen and oxygen atoms in total. The molecule has 54 valence electrons. The van der Waals surface area contributed by atoms with Crippen LogP contribution in [0.5, 0.6) is 0 Å². The first-order valence-electron chi connectivity index (χ1n) is 3.09. The summed E-state index contributed by atoms with van der Waals surface area (Å²) >= 11 is 0. The Hall–Kier alpha value is -0.960. The van der Waals surface area contributed by atoms with Crippen LogP contribution in [0.2, 0.25) is 0 Å². The summed E-state index contributed by atoms with van der Waals surface area (Å²) in [5.41, 5.74) is 0.447. The summed E-state index contributed by atoms with van der Waals surface area (Å²) in [5.74, 6) is -0.111. The molecule has 0 aromatic rings. The number of hydrogen-bond acceptors (Lipinski definition) is 3. The fourth-order valence-corrected chi connectivity index (χ4v) is 0.977. The number of rotatable bonds is 2. The quantitative estimate of drug-likeness (QED) is 0.542. The molecule has 3 heteroatoms. The Morgan fingerprint density at radius 3 is 2.90 bits per heavy atom. The maximum atomic E-state index is 10.8. The van der Waals surface area contributed by atoms with Crippen LogP contribution in [0.1, 0.15) is 12.8 Å². The van der Waals surface area contributed by atoms with E-state index in [1.54, 1.807) is 0 Å². The standard InChI is InChI=1S/C7H8O3/c8-2-1-5-3-6(9)4-7(5)10/h2-3,6,9H,1,4H2/t6-/m0/s1. The topological polar surface area (TPSA) is 54.4 Å². The third-order valence-electron chi connectivity index (χ3n) is 1.45. The molecule has 1 N–H and O–H groups in total. The van der Waals surface area contributed by atoms with E-state index in [0.29, 0.717) is 11.9 Å². The van der Waals surface area contributed by atoms with Gasteiger partial charge in [-0.15, -0.1) is 0 Å². The van der Waals surface area contributed by atoms with E-state index in [9.17, 15) is 9.59 Å². The molecule has 10 heavy (non-hydrogen) atoms. The Labute approximate surface area is 58.4 Å². The van der Waals surface area contributed by atoms with Crippen LogP contribution in [0.3, 0.4) is 0 Å². The van der Waals surface area contributed by atoms with Gasteiger partial charge in [0.15, 0.2) is 5.78 Å². The number of aliphatic hydroxyl groups excluding tert-OH is 1. The van der Waals surface area contributed by atoms with Gasteiger partial charge in [-0.25, -0.2) is 0 Å². The molecule has 0 amide bonds. The van der Waals surface area contributed by atoms with Crippen molar-refractivity contribution in [3.63, 3.8) is 0 Å². The highest BCUT2D eigenvalue weighted by Crippen LogP contribution is 2.16. The van der Waals surface area contributed by atoms with Crippen molar-refractivity contribution in [1.82, 2.24) is 0 Å². The van der Waals surface area contributed by atoms with E-state index >= 15 is 0 Å². The van der Waals surface area contributed by atoms with Crippen LogP contribution in [-0.4, -0.2) is 23.3 Å². The summed E-state index contributed by atoms with van der Waals surface area (Å²) in [6.07, 6.45) is 1.72. The number of carbonyl (C=O) groups is 2. The number of carbonyl (C=O) groups excluding carboxylic acids is 2. The lowest BCUT2D eigenvalue weighted by molar-refractivity contribution is -0.117. The maximum Gasteiger partial charge on any atom is 0.161 e. The summed E-state index contributed by atoms with van der Waals surface area (Å²) in [4.78, 5) is 20.7. The molecule has 0 radical (unpaired) electrons. The van der Waals surface area contributed by atoms with Crippen molar-refractivity contribution < 1.29 is 14.7 Å². The lowest BCUT2D eigenvalue weighted by Gasteiger charge is -1.89. The third kappa shape index (κ3) is 1.30. The normalized spacial score (nSPS) is 24.7. The van der Waals surface area contributed by atoms with E-state index < -0.39 is 6.10 Å². The van der Waals surface area contributed by atoms with Crippen molar-refractivity contribution >= 4 is 12.1 Å². The highest BCUT2D eigenvalue weighted by Gasteiger charge is 2.20. The molecule has 0 aliphatic heterocycles. The van der Waals surface area contributed by atoms with E-state index in [1.807, 2.05) is 0 Å². The Kier molecular flexibility index (Phi) is 1.97. The molecule has 0 spiro atoms. The van der Waals surface area contributed by atoms with Gasteiger partial charge in [0.05, 0.1) is 6.10 Å². The van der Waals surface area contributed by atoms with Gasteiger partial charge in [-0.05, 0) is 6.08 Å². The molecule has 0 saturated heterocycles. The second-order valence-electron chi connectivity index (χ2n) is 2.26. The fraction of sp³-hybridized carbons (Fsp3) is 0.429. The zero-order valence-corrected chi connectivity index (χ0v) is 5.41. The smallest absolute Gasteiger partial charge is 0.161 e. The molecule has 0 unspecified atom stereocenters. The Bertz CT molecular complexity index is 193. The maximum absolute atomic E-state index is 10.8. The van der Waals surface area contributed by atoms with Crippen molar-refractivity contribution in [1.29, 1.82) is 0 Å². The molecule has 0 aromatic carbocycles. The lowest BCUT2D eigenvalue weighted by Crippen LogP contribution is -2.01. The summed E-state index contributed by atoms with van der Waals surface area (Å²) in [5, 5.41) is 8.88. The predicted octanol–water partition coefficient (Wildman–Crippen LogP) is -0.165. The fourth-order valence-electron chi connectivity index (χ4n) is 0.977. The summed E-state index contributed by atoms with van der Waals surface area (Å²) < 4.78 is 0. The molecule has 1 aliphatic rings. The van der Waals surface area contributed by atoms with Crippen LogP contribution in [0.4, 0.5) is 0 Å². The van der Waals surface area contributed by atoms with Crippen molar-refractivity contribution in [3.8, 4) is 0 Å².